The van der Waals surface area contributed by atoms with Crippen LogP contribution in [0.1, 0.15) is 16.6 Å². The molecule has 80 valence electrons. The van der Waals surface area contributed by atoms with Crippen LogP contribution in [0.25, 0.3) is 0 Å². The minimum atomic E-state index is -0.299. The summed E-state index contributed by atoms with van der Waals surface area (Å²) in [6, 6.07) is -0.299. The molecule has 0 amide bonds. The number of nitrogens with two attached hydrogens (primary N) is 1. The fourth-order valence-electron chi connectivity index (χ4n) is 1.39. The summed E-state index contributed by atoms with van der Waals surface area (Å²) >= 11 is 1.27. The quantitative estimate of drug-likeness (QED) is 0.814. The van der Waals surface area contributed by atoms with Gasteiger partial charge in [-0.05, 0) is 11.5 Å². The van der Waals surface area contributed by atoms with E-state index in [-0.39, 0.29) is 6.04 Å². The van der Waals surface area contributed by atoms with Crippen LogP contribution < -0.4 is 10.5 Å². The lowest BCUT2D eigenvalue weighted by Crippen LogP contribution is -2.15. The Morgan fingerprint density at radius 3 is 2.93 bits per heavy atom. The molecule has 7 heteroatoms. The van der Waals surface area contributed by atoms with Crippen molar-refractivity contribution >= 4 is 11.5 Å². The molecule has 0 spiro atoms. The fraction of sp³-hybridized carbons (Fsp3) is 0.375. The van der Waals surface area contributed by atoms with E-state index in [4.69, 9.17) is 10.5 Å². The van der Waals surface area contributed by atoms with Gasteiger partial charge in [-0.3, -0.25) is 4.68 Å². The number of hydrogen-bond donors (Lipinski definition) is 1. The maximum Gasteiger partial charge on any atom is 0.161 e. The molecule has 15 heavy (non-hydrogen) atoms. The Morgan fingerprint density at radius 2 is 2.33 bits per heavy atom. The number of ether oxygens (including phenoxy) is 1. The monoisotopic (exact) mass is 225 g/mol. The number of rotatable bonds is 3. The SMILES string of the molecule is COc1cnn(C)c1C(N)c1cnns1. The first kappa shape index (κ1) is 10.1. The summed E-state index contributed by atoms with van der Waals surface area (Å²) < 4.78 is 10.7. The molecule has 6 nitrogen and oxygen atoms in total. The highest BCUT2D eigenvalue weighted by Gasteiger charge is 2.20. The first-order chi connectivity index (χ1) is 7.24. The number of aryl methyl sites for hydroxylation is 1. The number of aromatic nitrogens is 4. The zero-order chi connectivity index (χ0) is 10.8. The molecule has 1 atom stereocenters. The molecule has 0 saturated heterocycles. The minimum Gasteiger partial charge on any atom is -0.493 e. The Hall–Kier alpha value is -1.47. The number of hydrogen-bond acceptors (Lipinski definition) is 6. The third-order valence-electron chi connectivity index (χ3n) is 2.15. The Kier molecular flexibility index (Phi) is 2.65. The van der Waals surface area contributed by atoms with E-state index in [9.17, 15) is 0 Å². The van der Waals surface area contributed by atoms with Gasteiger partial charge in [0.05, 0.1) is 30.4 Å². The van der Waals surface area contributed by atoms with E-state index < -0.39 is 0 Å². The maximum absolute atomic E-state index is 6.07. The Bertz CT molecular complexity index is 438. The Labute approximate surface area is 90.8 Å². The molecule has 0 bridgehead atoms. The summed E-state index contributed by atoms with van der Waals surface area (Å²) in [7, 11) is 3.42. The second-order valence-electron chi connectivity index (χ2n) is 3.02. The van der Waals surface area contributed by atoms with E-state index in [0.717, 1.165) is 10.6 Å². The summed E-state index contributed by atoms with van der Waals surface area (Å²) in [6.45, 7) is 0. The van der Waals surface area contributed by atoms with Crippen molar-refractivity contribution in [3.63, 3.8) is 0 Å². The largest absolute Gasteiger partial charge is 0.493 e. The first-order valence-electron chi connectivity index (χ1n) is 4.32. The van der Waals surface area contributed by atoms with E-state index in [1.807, 2.05) is 7.05 Å². The summed E-state index contributed by atoms with van der Waals surface area (Å²) in [6.07, 6.45) is 3.30. The van der Waals surface area contributed by atoms with Gasteiger partial charge in [0.1, 0.15) is 5.69 Å². The minimum absolute atomic E-state index is 0.299. The number of methoxy groups -OCH3 is 1. The Morgan fingerprint density at radius 1 is 1.53 bits per heavy atom. The highest BCUT2D eigenvalue weighted by molar-refractivity contribution is 7.05. The highest BCUT2D eigenvalue weighted by Crippen LogP contribution is 2.28. The van der Waals surface area contributed by atoms with Crippen molar-refractivity contribution in [2.24, 2.45) is 12.8 Å². The van der Waals surface area contributed by atoms with E-state index in [1.54, 1.807) is 24.2 Å². The summed E-state index contributed by atoms with van der Waals surface area (Å²) in [5.74, 6) is 0.679. The summed E-state index contributed by atoms with van der Waals surface area (Å²) in [5, 5.41) is 7.85. The average Bonchev–Trinajstić information content (AvgIpc) is 2.85. The lowest BCUT2D eigenvalue weighted by molar-refractivity contribution is 0.406. The van der Waals surface area contributed by atoms with Gasteiger partial charge in [0.15, 0.2) is 5.75 Å². The standard InChI is InChI=1S/C8H11N5OS/c1-13-8(5(14-2)3-11-13)7(9)6-4-10-12-15-6/h3-4,7H,9H2,1-2H3. The topological polar surface area (TPSA) is 78.9 Å². The van der Waals surface area contributed by atoms with Crippen LogP contribution in [0.15, 0.2) is 12.4 Å². The van der Waals surface area contributed by atoms with Crippen molar-refractivity contribution in [1.29, 1.82) is 0 Å². The van der Waals surface area contributed by atoms with Gasteiger partial charge < -0.3 is 10.5 Å². The van der Waals surface area contributed by atoms with Gasteiger partial charge in [-0.2, -0.15) is 5.10 Å². The molecule has 0 fully saturated rings. The molecule has 2 aromatic heterocycles. The van der Waals surface area contributed by atoms with Crippen molar-refractivity contribution in [2.75, 3.05) is 7.11 Å². The molecule has 0 saturated carbocycles. The lowest BCUT2D eigenvalue weighted by atomic mass is 10.2. The molecule has 0 aliphatic rings. The van der Waals surface area contributed by atoms with Crippen LogP contribution in [0.2, 0.25) is 0 Å². The molecular weight excluding hydrogens is 214 g/mol. The van der Waals surface area contributed by atoms with Gasteiger partial charge in [-0.15, -0.1) is 5.10 Å². The average molecular weight is 225 g/mol. The van der Waals surface area contributed by atoms with Gasteiger partial charge >= 0.3 is 0 Å². The fourth-order valence-corrected chi connectivity index (χ4v) is 1.89. The highest BCUT2D eigenvalue weighted by atomic mass is 32.1. The van der Waals surface area contributed by atoms with Gasteiger partial charge in [-0.1, -0.05) is 4.49 Å². The second kappa shape index (κ2) is 3.95. The smallest absolute Gasteiger partial charge is 0.161 e. The van der Waals surface area contributed by atoms with Crippen LogP contribution in [-0.4, -0.2) is 26.5 Å². The van der Waals surface area contributed by atoms with Crippen molar-refractivity contribution in [3.8, 4) is 5.75 Å². The second-order valence-corrected chi connectivity index (χ2v) is 3.84. The van der Waals surface area contributed by atoms with Crippen LogP contribution in [0.3, 0.4) is 0 Å². The van der Waals surface area contributed by atoms with Gasteiger partial charge in [-0.25, -0.2) is 0 Å². The van der Waals surface area contributed by atoms with Crippen LogP contribution in [0.4, 0.5) is 0 Å². The van der Waals surface area contributed by atoms with Crippen molar-refractivity contribution < 1.29 is 4.74 Å². The van der Waals surface area contributed by atoms with Crippen molar-refractivity contribution in [2.45, 2.75) is 6.04 Å². The predicted octanol–water partition coefficient (Wildman–Crippen LogP) is 0.328. The zero-order valence-corrected chi connectivity index (χ0v) is 9.23. The zero-order valence-electron chi connectivity index (χ0n) is 8.41. The van der Waals surface area contributed by atoms with Gasteiger partial charge in [0.25, 0.3) is 0 Å². The molecule has 2 rings (SSSR count). The molecule has 2 heterocycles. The first-order valence-corrected chi connectivity index (χ1v) is 5.10. The number of nitrogens with zero attached hydrogens (tertiary/aromatic N) is 4. The molecule has 2 N–H and O–H groups in total. The third-order valence-corrected chi connectivity index (χ3v) is 2.89. The van der Waals surface area contributed by atoms with E-state index in [0.29, 0.717) is 5.75 Å². The van der Waals surface area contributed by atoms with E-state index in [1.165, 1.54) is 11.5 Å². The lowest BCUT2D eigenvalue weighted by Gasteiger charge is -2.10. The van der Waals surface area contributed by atoms with Crippen molar-refractivity contribution in [1.82, 2.24) is 19.4 Å². The molecule has 2 aromatic rings. The van der Waals surface area contributed by atoms with Gasteiger partial charge in [0, 0.05) is 7.05 Å². The third kappa shape index (κ3) is 1.71. The van der Waals surface area contributed by atoms with Crippen LogP contribution in [0.5, 0.6) is 5.75 Å². The van der Waals surface area contributed by atoms with E-state index >= 15 is 0 Å². The molecule has 0 radical (unpaired) electrons. The van der Waals surface area contributed by atoms with Crippen LogP contribution >= 0.6 is 11.5 Å². The van der Waals surface area contributed by atoms with Gasteiger partial charge in [0.2, 0.25) is 0 Å². The summed E-state index contributed by atoms with van der Waals surface area (Å²) in [4.78, 5) is 0.886. The normalized spacial score (nSPS) is 12.7. The van der Waals surface area contributed by atoms with Crippen LogP contribution in [-0.2, 0) is 7.05 Å². The molecule has 0 aromatic carbocycles. The molecule has 1 unspecified atom stereocenters. The molecule has 0 aliphatic carbocycles. The molecule has 0 aliphatic heterocycles. The van der Waals surface area contributed by atoms with E-state index in [2.05, 4.69) is 14.7 Å². The molecular formula is C8H11N5OS. The predicted molar refractivity (Wildman–Crippen MR) is 55.7 cm³/mol. The van der Waals surface area contributed by atoms with Crippen molar-refractivity contribution in [3.05, 3.63) is 23.0 Å². The maximum atomic E-state index is 6.07. The summed E-state index contributed by atoms with van der Waals surface area (Å²) in [5.41, 5.74) is 6.89. The van der Waals surface area contributed by atoms with Crippen LogP contribution in [0, 0.1) is 0 Å². The Balaban J connectivity index is 2.40.